The van der Waals surface area contributed by atoms with Crippen LogP contribution in [-0.4, -0.2) is 33.4 Å². The lowest BCUT2D eigenvalue weighted by Gasteiger charge is -2.24. The molecule has 0 aromatic carbocycles. The Hall–Kier alpha value is -2.38. The molecular weight excluding hydrogens is 212 g/mol. The highest BCUT2D eigenvalue weighted by Crippen LogP contribution is 2.06. The molecule has 1 aromatic rings. The molecule has 4 N–H and O–H groups in total. The van der Waals surface area contributed by atoms with Crippen molar-refractivity contribution in [2.75, 3.05) is 12.0 Å². The van der Waals surface area contributed by atoms with E-state index < -0.39 is 11.7 Å². The van der Waals surface area contributed by atoms with Gasteiger partial charge in [-0.3, -0.25) is 10.4 Å². The van der Waals surface area contributed by atoms with E-state index in [1.54, 1.807) is 0 Å². The molecule has 0 spiro atoms. The van der Waals surface area contributed by atoms with Crippen LogP contribution in [0.15, 0.2) is 22.1 Å². The second kappa shape index (κ2) is 4.01. The molecule has 0 atom stereocenters. The number of urea groups is 1. The second-order valence-corrected chi connectivity index (χ2v) is 3.19. The molecule has 0 radical (unpaired) electrons. The van der Waals surface area contributed by atoms with Crippen molar-refractivity contribution in [3.05, 3.63) is 22.7 Å². The van der Waals surface area contributed by atoms with Crippen molar-refractivity contribution in [2.24, 2.45) is 10.7 Å². The van der Waals surface area contributed by atoms with Crippen LogP contribution in [0.3, 0.4) is 0 Å². The highest BCUT2D eigenvalue weighted by atomic mass is 16.2. The van der Waals surface area contributed by atoms with E-state index in [0.717, 1.165) is 0 Å². The summed E-state index contributed by atoms with van der Waals surface area (Å²) in [6.45, 7) is 0.401. The summed E-state index contributed by atoms with van der Waals surface area (Å²) in [4.78, 5) is 31.8. The minimum Gasteiger partial charge on any atom is -0.387 e. The zero-order chi connectivity index (χ0) is 11.5. The fraction of sp³-hybridized carbons (Fsp3) is 0.250. The number of carbonyl (C=O) groups is 1. The number of hydrogen-bond acceptors (Lipinski definition) is 5. The highest BCUT2D eigenvalue weighted by Gasteiger charge is 2.18. The van der Waals surface area contributed by atoms with Gasteiger partial charge in [0.1, 0.15) is 11.7 Å². The number of hydrogen-bond donors (Lipinski definition) is 3. The Balaban J connectivity index is 2.11. The molecule has 1 aliphatic rings. The molecule has 1 aromatic heterocycles. The number of amidine groups is 1. The van der Waals surface area contributed by atoms with Crippen LogP contribution < -0.4 is 16.8 Å². The smallest absolute Gasteiger partial charge is 0.363 e. The van der Waals surface area contributed by atoms with Crippen LogP contribution in [-0.2, 0) is 0 Å². The summed E-state index contributed by atoms with van der Waals surface area (Å²) in [5.41, 5.74) is 7.64. The van der Waals surface area contributed by atoms with Crippen LogP contribution in [0, 0.1) is 0 Å². The third-order valence-electron chi connectivity index (χ3n) is 1.99. The number of H-pyrrole nitrogens is 1. The Morgan fingerprint density at radius 3 is 3.00 bits per heavy atom. The van der Waals surface area contributed by atoms with Gasteiger partial charge in [-0.2, -0.15) is 4.99 Å². The molecule has 1 aliphatic heterocycles. The van der Waals surface area contributed by atoms with Crippen molar-refractivity contribution in [3.8, 4) is 0 Å². The van der Waals surface area contributed by atoms with Crippen molar-refractivity contribution in [1.82, 2.24) is 15.0 Å². The van der Waals surface area contributed by atoms with Crippen LogP contribution in [0.1, 0.15) is 6.42 Å². The minimum atomic E-state index is -0.488. The summed E-state index contributed by atoms with van der Waals surface area (Å²) in [6.07, 6.45) is 1.83. The quantitative estimate of drug-likeness (QED) is 0.610. The van der Waals surface area contributed by atoms with Gasteiger partial charge < -0.3 is 5.73 Å². The van der Waals surface area contributed by atoms with Crippen LogP contribution in [0.5, 0.6) is 0 Å². The molecule has 2 amide bonds. The molecule has 0 bridgehead atoms. The maximum atomic E-state index is 11.4. The van der Waals surface area contributed by atoms with E-state index in [-0.39, 0.29) is 0 Å². The van der Waals surface area contributed by atoms with Crippen molar-refractivity contribution in [1.29, 1.82) is 0 Å². The molecule has 16 heavy (non-hydrogen) atoms. The molecule has 0 saturated heterocycles. The molecule has 8 nitrogen and oxygen atoms in total. The topological polar surface area (TPSA) is 116 Å². The van der Waals surface area contributed by atoms with Gasteiger partial charge in [0.25, 0.3) is 0 Å². The normalized spacial score (nSPS) is 15.9. The Kier molecular flexibility index (Phi) is 2.54. The molecular formula is C8H10N6O2. The van der Waals surface area contributed by atoms with Crippen LogP contribution in [0.4, 0.5) is 10.6 Å². The second-order valence-electron chi connectivity index (χ2n) is 3.19. The van der Waals surface area contributed by atoms with Crippen molar-refractivity contribution in [3.63, 3.8) is 0 Å². The lowest BCUT2D eigenvalue weighted by molar-refractivity contribution is 0.217. The number of nitrogens with two attached hydrogens (primary N) is 1. The number of aromatic nitrogens is 2. The van der Waals surface area contributed by atoms with E-state index in [1.165, 1.54) is 17.3 Å². The first-order valence-corrected chi connectivity index (χ1v) is 4.61. The van der Waals surface area contributed by atoms with Gasteiger partial charge >= 0.3 is 11.7 Å². The van der Waals surface area contributed by atoms with Gasteiger partial charge in [-0.05, 0) is 6.07 Å². The lowest BCUT2D eigenvalue weighted by Crippen LogP contribution is -2.41. The predicted octanol–water partition coefficient (Wildman–Crippen LogP) is -0.720. The first-order valence-electron chi connectivity index (χ1n) is 4.61. The fourth-order valence-electron chi connectivity index (χ4n) is 1.24. The number of carbonyl (C=O) groups excluding carboxylic acids is 1. The van der Waals surface area contributed by atoms with E-state index in [4.69, 9.17) is 5.73 Å². The van der Waals surface area contributed by atoms with Crippen LogP contribution in [0.25, 0.3) is 0 Å². The zero-order valence-electron chi connectivity index (χ0n) is 8.30. The summed E-state index contributed by atoms with van der Waals surface area (Å²) in [5, 5.41) is 1.27. The Labute approximate surface area is 90.2 Å². The summed E-state index contributed by atoms with van der Waals surface area (Å²) in [6, 6.07) is 1.05. The Morgan fingerprint density at radius 2 is 2.31 bits per heavy atom. The van der Waals surface area contributed by atoms with Gasteiger partial charge in [-0.15, -0.1) is 0 Å². The molecule has 0 saturated carbocycles. The number of aromatic amines is 1. The van der Waals surface area contributed by atoms with E-state index >= 15 is 0 Å². The predicted molar refractivity (Wildman–Crippen MR) is 56.8 cm³/mol. The first-order chi connectivity index (χ1) is 7.65. The number of amides is 2. The van der Waals surface area contributed by atoms with Crippen molar-refractivity contribution < 1.29 is 4.79 Å². The average Bonchev–Trinajstić information content (AvgIpc) is 2.22. The molecule has 0 unspecified atom stereocenters. The number of hydrazine groups is 1. The number of anilines is 1. The third-order valence-corrected chi connectivity index (χ3v) is 1.99. The third kappa shape index (κ3) is 2.16. The molecule has 0 aliphatic carbocycles. The van der Waals surface area contributed by atoms with Gasteiger partial charge in [0.15, 0.2) is 0 Å². The molecule has 2 rings (SSSR count). The van der Waals surface area contributed by atoms with Gasteiger partial charge in [-0.1, -0.05) is 0 Å². The molecule has 2 heterocycles. The highest BCUT2D eigenvalue weighted by molar-refractivity contribution is 5.95. The van der Waals surface area contributed by atoms with E-state index in [2.05, 4.69) is 20.4 Å². The lowest BCUT2D eigenvalue weighted by atomic mass is 10.3. The van der Waals surface area contributed by atoms with Crippen LogP contribution >= 0.6 is 0 Å². The minimum absolute atomic E-state index is 0.311. The monoisotopic (exact) mass is 222 g/mol. The summed E-state index contributed by atoms with van der Waals surface area (Å²) in [5.74, 6) is 0.690. The molecule has 8 heteroatoms. The molecule has 0 fully saturated rings. The summed E-state index contributed by atoms with van der Waals surface area (Å²) in [7, 11) is 0. The number of rotatable bonds is 2. The zero-order valence-corrected chi connectivity index (χ0v) is 8.30. The van der Waals surface area contributed by atoms with E-state index in [9.17, 15) is 9.59 Å². The fourth-order valence-corrected chi connectivity index (χ4v) is 1.24. The van der Waals surface area contributed by atoms with Gasteiger partial charge in [0.2, 0.25) is 0 Å². The van der Waals surface area contributed by atoms with Crippen molar-refractivity contribution >= 4 is 17.7 Å². The van der Waals surface area contributed by atoms with E-state index in [1.807, 2.05) is 0 Å². The van der Waals surface area contributed by atoms with E-state index in [0.29, 0.717) is 24.6 Å². The average molecular weight is 222 g/mol. The standard InChI is InChI=1S/C8H10N6O2/c9-5-2-4-14(8(16)11-5)13-6-1-3-10-7(15)12-6/h1,3H,2,4H2,(H2,9,11,16)(H2,10,12,13,15). The van der Waals surface area contributed by atoms with Crippen LogP contribution in [0.2, 0.25) is 0 Å². The number of aliphatic imine (C=N–C) groups is 1. The first kappa shape index (κ1) is 10.1. The Morgan fingerprint density at radius 1 is 1.50 bits per heavy atom. The largest absolute Gasteiger partial charge is 0.387 e. The Bertz CT molecular complexity index is 493. The summed E-state index contributed by atoms with van der Waals surface area (Å²) < 4.78 is 0. The SMILES string of the molecule is NC1=NC(=O)N(Nc2ccnc(=O)[nH]2)CC1. The maximum absolute atomic E-state index is 11.4. The number of nitrogens with zero attached hydrogens (tertiary/aromatic N) is 3. The van der Waals surface area contributed by atoms with Gasteiger partial charge in [0.05, 0.1) is 6.54 Å². The number of nitrogens with one attached hydrogen (secondary N) is 2. The maximum Gasteiger partial charge on any atom is 0.363 e. The summed E-state index contributed by atoms with van der Waals surface area (Å²) >= 11 is 0. The van der Waals surface area contributed by atoms with Gasteiger partial charge in [0, 0.05) is 12.6 Å². The molecule has 84 valence electrons. The van der Waals surface area contributed by atoms with Crippen molar-refractivity contribution in [2.45, 2.75) is 6.42 Å². The van der Waals surface area contributed by atoms with Gasteiger partial charge in [-0.25, -0.2) is 19.6 Å².